The minimum atomic E-state index is -0.0124. The van der Waals surface area contributed by atoms with E-state index >= 15 is 0 Å². The summed E-state index contributed by atoms with van der Waals surface area (Å²) in [6.07, 6.45) is 3.85. The van der Waals surface area contributed by atoms with E-state index in [-0.39, 0.29) is 5.91 Å². The average molecular weight is 272 g/mol. The summed E-state index contributed by atoms with van der Waals surface area (Å²) in [6.45, 7) is 3.97. The van der Waals surface area contributed by atoms with Gasteiger partial charge in [-0.3, -0.25) is 14.4 Å². The Morgan fingerprint density at radius 1 is 1.35 bits per heavy atom. The van der Waals surface area contributed by atoms with Crippen LogP contribution in [0.1, 0.15) is 12.5 Å². The molecule has 0 aliphatic heterocycles. The Morgan fingerprint density at radius 2 is 2.10 bits per heavy atom. The molecule has 0 bridgehead atoms. The topological polar surface area (TPSA) is 50.2 Å². The summed E-state index contributed by atoms with van der Waals surface area (Å²) in [5.74, 6) is -0.0124. The number of anilines is 1. The predicted molar refractivity (Wildman–Crippen MR) is 79.3 cm³/mol. The van der Waals surface area contributed by atoms with Gasteiger partial charge in [-0.05, 0) is 26.1 Å². The van der Waals surface area contributed by atoms with Crippen molar-refractivity contribution in [3.05, 3.63) is 48.3 Å². The Morgan fingerprint density at radius 3 is 2.75 bits per heavy atom. The van der Waals surface area contributed by atoms with E-state index in [2.05, 4.69) is 10.4 Å². The molecule has 106 valence electrons. The summed E-state index contributed by atoms with van der Waals surface area (Å²) in [7, 11) is 1.92. The van der Waals surface area contributed by atoms with Crippen LogP contribution in [0.2, 0.25) is 0 Å². The van der Waals surface area contributed by atoms with Gasteiger partial charge in [0, 0.05) is 30.5 Å². The molecule has 2 rings (SSSR count). The van der Waals surface area contributed by atoms with Crippen LogP contribution in [-0.4, -0.2) is 34.2 Å². The Bertz CT molecular complexity index is 550. The number of para-hydroxylation sites is 1. The number of aromatic nitrogens is 2. The second-order valence-electron chi connectivity index (χ2n) is 4.79. The number of aryl methyl sites for hydroxylation is 1. The predicted octanol–water partition coefficient (Wildman–Crippen LogP) is 1.97. The van der Waals surface area contributed by atoms with E-state index in [4.69, 9.17) is 0 Å². The highest BCUT2D eigenvalue weighted by molar-refractivity contribution is 5.92. The van der Waals surface area contributed by atoms with E-state index in [0.717, 1.165) is 17.8 Å². The lowest BCUT2D eigenvalue weighted by Crippen LogP contribution is -2.29. The molecule has 0 fully saturated rings. The third-order valence-electron chi connectivity index (χ3n) is 2.93. The minimum Gasteiger partial charge on any atom is -0.325 e. The summed E-state index contributed by atoms with van der Waals surface area (Å²) in [5, 5.41) is 7.10. The van der Waals surface area contributed by atoms with Crippen molar-refractivity contribution < 1.29 is 4.79 Å². The lowest BCUT2D eigenvalue weighted by Gasteiger charge is -2.15. The third-order valence-corrected chi connectivity index (χ3v) is 2.93. The fourth-order valence-corrected chi connectivity index (χ4v) is 2.00. The van der Waals surface area contributed by atoms with E-state index in [1.54, 1.807) is 0 Å². The van der Waals surface area contributed by atoms with Crippen molar-refractivity contribution in [2.75, 3.05) is 18.9 Å². The van der Waals surface area contributed by atoms with Crippen LogP contribution in [0.15, 0.2) is 42.7 Å². The highest BCUT2D eigenvalue weighted by Crippen LogP contribution is 2.06. The molecule has 5 nitrogen and oxygen atoms in total. The number of hydrogen-bond donors (Lipinski definition) is 1. The van der Waals surface area contributed by atoms with E-state index in [1.807, 2.05) is 66.3 Å². The summed E-state index contributed by atoms with van der Waals surface area (Å²) < 4.78 is 1.88. The number of amides is 1. The molecule has 0 saturated heterocycles. The van der Waals surface area contributed by atoms with Crippen LogP contribution < -0.4 is 5.32 Å². The van der Waals surface area contributed by atoms with Gasteiger partial charge >= 0.3 is 0 Å². The molecular weight excluding hydrogens is 252 g/mol. The monoisotopic (exact) mass is 272 g/mol. The van der Waals surface area contributed by atoms with Crippen LogP contribution in [0.3, 0.4) is 0 Å². The molecule has 0 radical (unpaired) electrons. The fraction of sp³-hybridized carbons (Fsp3) is 0.333. The zero-order valence-electron chi connectivity index (χ0n) is 11.9. The number of nitrogens with one attached hydrogen (secondary N) is 1. The molecule has 0 atom stereocenters. The summed E-state index contributed by atoms with van der Waals surface area (Å²) in [6, 6.07) is 9.48. The summed E-state index contributed by atoms with van der Waals surface area (Å²) in [4.78, 5) is 13.9. The molecule has 0 saturated carbocycles. The first-order chi connectivity index (χ1) is 9.67. The van der Waals surface area contributed by atoms with Gasteiger partial charge in [0.2, 0.25) is 5.91 Å². The van der Waals surface area contributed by atoms with Crippen molar-refractivity contribution in [1.82, 2.24) is 14.7 Å². The molecular formula is C15H20N4O. The second-order valence-corrected chi connectivity index (χ2v) is 4.79. The smallest absolute Gasteiger partial charge is 0.238 e. The Hall–Kier alpha value is -2.14. The quantitative estimate of drug-likeness (QED) is 0.874. The van der Waals surface area contributed by atoms with Crippen molar-refractivity contribution >= 4 is 11.6 Å². The second kappa shape index (κ2) is 6.86. The average Bonchev–Trinajstić information content (AvgIpc) is 2.87. The first-order valence-electron chi connectivity index (χ1n) is 6.72. The first-order valence-corrected chi connectivity index (χ1v) is 6.72. The molecule has 20 heavy (non-hydrogen) atoms. The van der Waals surface area contributed by atoms with Crippen molar-refractivity contribution in [3.8, 4) is 0 Å². The van der Waals surface area contributed by atoms with E-state index in [0.29, 0.717) is 13.1 Å². The minimum absolute atomic E-state index is 0.0124. The van der Waals surface area contributed by atoms with Gasteiger partial charge in [-0.2, -0.15) is 5.10 Å². The standard InChI is InChI=1S/C15H20N4O/c1-3-19-11-13(9-16-19)10-18(2)12-15(20)17-14-7-5-4-6-8-14/h4-9,11H,3,10,12H2,1-2H3,(H,17,20). The highest BCUT2D eigenvalue weighted by atomic mass is 16.2. The van der Waals surface area contributed by atoms with Gasteiger partial charge in [-0.1, -0.05) is 18.2 Å². The van der Waals surface area contributed by atoms with Crippen LogP contribution in [0.4, 0.5) is 5.69 Å². The maximum absolute atomic E-state index is 11.9. The summed E-state index contributed by atoms with van der Waals surface area (Å²) in [5.41, 5.74) is 1.94. The zero-order chi connectivity index (χ0) is 14.4. The number of hydrogen-bond acceptors (Lipinski definition) is 3. The molecule has 1 aromatic carbocycles. The largest absolute Gasteiger partial charge is 0.325 e. The molecule has 1 amide bonds. The van der Waals surface area contributed by atoms with Crippen LogP contribution in [0.5, 0.6) is 0 Å². The lowest BCUT2D eigenvalue weighted by molar-refractivity contribution is -0.117. The van der Waals surface area contributed by atoms with Crippen molar-refractivity contribution in [2.45, 2.75) is 20.0 Å². The van der Waals surface area contributed by atoms with Gasteiger partial charge in [-0.15, -0.1) is 0 Å². The molecule has 1 aromatic heterocycles. The third kappa shape index (κ3) is 4.20. The van der Waals surface area contributed by atoms with Gasteiger partial charge in [0.1, 0.15) is 0 Å². The van der Waals surface area contributed by atoms with E-state index < -0.39 is 0 Å². The molecule has 0 aliphatic rings. The number of likely N-dealkylation sites (N-methyl/N-ethyl adjacent to an activating group) is 1. The molecule has 0 unspecified atom stereocenters. The molecule has 2 aromatic rings. The van der Waals surface area contributed by atoms with Crippen molar-refractivity contribution in [2.24, 2.45) is 0 Å². The Balaban J connectivity index is 1.81. The van der Waals surface area contributed by atoms with Crippen LogP contribution in [-0.2, 0) is 17.9 Å². The Kier molecular flexibility index (Phi) is 4.90. The number of nitrogens with zero attached hydrogens (tertiary/aromatic N) is 3. The molecule has 0 spiro atoms. The number of rotatable bonds is 6. The highest BCUT2D eigenvalue weighted by Gasteiger charge is 2.08. The van der Waals surface area contributed by atoms with Crippen LogP contribution >= 0.6 is 0 Å². The van der Waals surface area contributed by atoms with Crippen molar-refractivity contribution in [3.63, 3.8) is 0 Å². The Labute approximate surface area is 119 Å². The van der Waals surface area contributed by atoms with Gasteiger partial charge in [0.25, 0.3) is 0 Å². The molecule has 0 aliphatic carbocycles. The van der Waals surface area contributed by atoms with Gasteiger partial charge in [0.15, 0.2) is 0 Å². The number of carbonyl (C=O) groups is 1. The van der Waals surface area contributed by atoms with Crippen LogP contribution in [0.25, 0.3) is 0 Å². The molecule has 1 N–H and O–H groups in total. The van der Waals surface area contributed by atoms with E-state index in [9.17, 15) is 4.79 Å². The van der Waals surface area contributed by atoms with Crippen molar-refractivity contribution in [1.29, 1.82) is 0 Å². The SMILES string of the molecule is CCn1cc(CN(C)CC(=O)Nc2ccccc2)cn1. The lowest BCUT2D eigenvalue weighted by atomic mass is 10.3. The normalized spacial score (nSPS) is 10.8. The van der Waals surface area contributed by atoms with Gasteiger partial charge in [0.05, 0.1) is 12.7 Å². The van der Waals surface area contributed by atoms with Crippen LogP contribution in [0, 0.1) is 0 Å². The van der Waals surface area contributed by atoms with E-state index in [1.165, 1.54) is 0 Å². The summed E-state index contributed by atoms with van der Waals surface area (Å²) >= 11 is 0. The molecule has 5 heteroatoms. The van der Waals surface area contributed by atoms with Gasteiger partial charge in [-0.25, -0.2) is 0 Å². The molecule has 1 heterocycles. The van der Waals surface area contributed by atoms with Gasteiger partial charge < -0.3 is 5.32 Å². The maximum Gasteiger partial charge on any atom is 0.238 e. The zero-order valence-corrected chi connectivity index (χ0v) is 11.9. The fourth-order valence-electron chi connectivity index (χ4n) is 2.00. The first kappa shape index (κ1) is 14.3. The maximum atomic E-state index is 11.9. The number of benzene rings is 1. The number of carbonyl (C=O) groups excluding carboxylic acids is 1.